The van der Waals surface area contributed by atoms with Crippen molar-refractivity contribution < 1.29 is 32.3 Å². The largest absolute Gasteiger partial charge is 0.490 e. The van der Waals surface area contributed by atoms with E-state index < -0.39 is 29.3 Å². The predicted octanol–water partition coefficient (Wildman–Crippen LogP) is 2.16. The molecule has 0 N–H and O–H groups in total. The van der Waals surface area contributed by atoms with Crippen molar-refractivity contribution in [1.82, 2.24) is 9.80 Å². The number of hydrogen-bond donors (Lipinski definition) is 0. The van der Waals surface area contributed by atoms with Crippen LogP contribution < -0.4 is 0 Å². The molecule has 164 valence electrons. The van der Waals surface area contributed by atoms with Gasteiger partial charge in [-0.25, -0.2) is 4.79 Å². The van der Waals surface area contributed by atoms with Crippen molar-refractivity contribution in [3.8, 4) is 6.07 Å². The molecule has 5 aliphatic rings. The van der Waals surface area contributed by atoms with Crippen LogP contribution in [0.2, 0.25) is 0 Å². The predicted molar refractivity (Wildman–Crippen MR) is 95.4 cm³/mol. The molecule has 30 heavy (non-hydrogen) atoms. The van der Waals surface area contributed by atoms with Gasteiger partial charge in [-0.15, -0.1) is 0 Å². The van der Waals surface area contributed by atoms with Gasteiger partial charge in [0.25, 0.3) is 0 Å². The van der Waals surface area contributed by atoms with Crippen molar-refractivity contribution in [2.24, 2.45) is 11.8 Å². The maximum Gasteiger partial charge on any atom is 0.490 e. The van der Waals surface area contributed by atoms with Gasteiger partial charge in [0.1, 0.15) is 18.2 Å². The normalized spacial score (nSPS) is 37.0. The number of nitrogens with zero attached hydrogens (tertiary/aromatic N) is 3. The number of rotatable bonds is 5. The molecule has 0 radical (unpaired) electrons. The lowest BCUT2D eigenvalue weighted by Crippen LogP contribution is -2.67. The molecule has 4 bridgehead atoms. The summed E-state index contributed by atoms with van der Waals surface area (Å²) in [6, 6.07) is 1.58. The van der Waals surface area contributed by atoms with Crippen LogP contribution in [0.25, 0.3) is 0 Å². The van der Waals surface area contributed by atoms with Gasteiger partial charge >= 0.3 is 12.1 Å². The lowest BCUT2D eigenvalue weighted by atomic mass is 9.50. The van der Waals surface area contributed by atoms with Crippen LogP contribution in [0.5, 0.6) is 0 Å². The summed E-state index contributed by atoms with van der Waals surface area (Å²) in [7, 11) is 0. The van der Waals surface area contributed by atoms with Gasteiger partial charge in [-0.2, -0.15) is 18.4 Å². The van der Waals surface area contributed by atoms with Crippen molar-refractivity contribution in [2.45, 2.75) is 74.7 Å². The van der Waals surface area contributed by atoms with Crippen molar-refractivity contribution >= 4 is 18.3 Å². The Balaban J connectivity index is 1.55. The average molecular weight is 427 g/mol. The Hall–Kier alpha value is -2.31. The fourth-order valence-corrected chi connectivity index (χ4v) is 6.59. The third kappa shape index (κ3) is 3.52. The highest BCUT2D eigenvalue weighted by Gasteiger charge is 2.63. The number of hydrogen-bond acceptors (Lipinski definition) is 5. The highest BCUT2D eigenvalue weighted by molar-refractivity contribution is 5.81. The van der Waals surface area contributed by atoms with Crippen molar-refractivity contribution in [2.75, 3.05) is 13.1 Å². The third-order valence-electron chi connectivity index (χ3n) is 7.28. The maximum atomic E-state index is 12.9. The molecule has 4 aliphatic carbocycles. The molecule has 7 nitrogen and oxygen atoms in total. The Morgan fingerprint density at radius 3 is 2.47 bits per heavy atom. The first-order valence-corrected chi connectivity index (χ1v) is 10.3. The Bertz CT molecular complexity index is 779. The number of carbonyl (C=O) groups is 3. The summed E-state index contributed by atoms with van der Waals surface area (Å²) in [6.45, 7) is 0.236. The van der Waals surface area contributed by atoms with E-state index in [1.807, 2.05) is 0 Å². The van der Waals surface area contributed by atoms with Gasteiger partial charge < -0.3 is 14.5 Å². The summed E-state index contributed by atoms with van der Waals surface area (Å²) in [5, 5.41) is 9.22. The number of esters is 1. The van der Waals surface area contributed by atoms with Crippen LogP contribution in [-0.4, -0.2) is 64.5 Å². The number of ether oxygens (including phenoxy) is 1. The third-order valence-corrected chi connectivity index (χ3v) is 7.28. The summed E-state index contributed by atoms with van der Waals surface area (Å²) >= 11 is 0. The molecular formula is C20H24F3N3O4. The Kier molecular flexibility index (Phi) is 4.98. The van der Waals surface area contributed by atoms with E-state index in [0.717, 1.165) is 12.8 Å². The molecule has 0 aromatic heterocycles. The average Bonchev–Trinajstić information content (AvgIpc) is 3.12. The molecule has 5 fully saturated rings. The number of alkyl halides is 3. The summed E-state index contributed by atoms with van der Waals surface area (Å²) in [5.41, 5.74) is -2.04. The number of carbonyl (C=O) groups excluding carboxylic acids is 3. The van der Waals surface area contributed by atoms with Crippen LogP contribution in [0.15, 0.2) is 0 Å². The van der Waals surface area contributed by atoms with Gasteiger partial charge in [-0.05, 0) is 56.8 Å². The minimum Gasteiger partial charge on any atom is -0.452 e. The minimum absolute atomic E-state index is 0.0449. The Labute approximate surface area is 172 Å². The molecule has 10 heteroatoms. The highest BCUT2D eigenvalue weighted by Crippen LogP contribution is 2.60. The van der Waals surface area contributed by atoms with Crippen molar-refractivity contribution in [3.63, 3.8) is 0 Å². The van der Waals surface area contributed by atoms with Crippen molar-refractivity contribution in [1.29, 1.82) is 5.26 Å². The van der Waals surface area contributed by atoms with Gasteiger partial charge in [0.15, 0.2) is 0 Å². The molecule has 3 unspecified atom stereocenters. The van der Waals surface area contributed by atoms with Gasteiger partial charge in [-0.1, -0.05) is 0 Å². The highest BCUT2D eigenvalue weighted by atomic mass is 19.4. The lowest BCUT2D eigenvalue weighted by Gasteiger charge is -2.63. The van der Waals surface area contributed by atoms with Gasteiger partial charge in [-0.3, -0.25) is 9.59 Å². The molecule has 1 saturated heterocycles. The molecule has 0 spiro atoms. The topological polar surface area (TPSA) is 90.7 Å². The second kappa shape index (κ2) is 7.13. The molecule has 1 heterocycles. The SMILES string of the molecule is N#CC1CCCN1C(=O)CN(C=O)C12CC3CC(CC(OC(=O)C(F)(F)F)(C3)C1)C2. The zero-order chi connectivity index (χ0) is 21.7. The van der Waals surface area contributed by atoms with E-state index in [-0.39, 0.29) is 30.7 Å². The van der Waals surface area contributed by atoms with Crippen LogP contribution in [0, 0.1) is 23.2 Å². The van der Waals surface area contributed by atoms with Crippen molar-refractivity contribution in [3.05, 3.63) is 0 Å². The molecule has 0 aromatic carbocycles. The zero-order valence-corrected chi connectivity index (χ0v) is 16.5. The van der Waals surface area contributed by atoms with Crippen LogP contribution in [-0.2, 0) is 19.1 Å². The van der Waals surface area contributed by atoms with E-state index in [1.54, 1.807) is 0 Å². The molecule has 3 atom stereocenters. The molecule has 5 rings (SSSR count). The number of amides is 2. The monoisotopic (exact) mass is 427 g/mol. The maximum absolute atomic E-state index is 12.9. The second-order valence-electron chi connectivity index (χ2n) is 9.36. The number of nitriles is 1. The quantitative estimate of drug-likeness (QED) is 0.495. The van der Waals surface area contributed by atoms with Crippen LogP contribution >= 0.6 is 0 Å². The fourth-order valence-electron chi connectivity index (χ4n) is 6.59. The number of likely N-dealkylation sites (tertiary alicyclic amines) is 1. The molecule has 2 amide bonds. The summed E-state index contributed by atoms with van der Waals surface area (Å²) in [4.78, 5) is 39.3. The molecule has 1 aliphatic heterocycles. The summed E-state index contributed by atoms with van der Waals surface area (Å²) < 4.78 is 43.6. The van der Waals surface area contributed by atoms with Gasteiger partial charge in [0.2, 0.25) is 12.3 Å². The van der Waals surface area contributed by atoms with Crippen LogP contribution in [0.4, 0.5) is 13.2 Å². The molecule has 0 aromatic rings. The standard InChI is InChI=1S/C20H24F3N3O4/c21-20(22,23)17(29)30-19-7-13-4-14(8-19)6-18(5-13,11-19)25(12-27)10-16(28)26-3-1-2-15(26)9-24/h12-15H,1-8,10-11H2. The first kappa shape index (κ1) is 20.9. The Morgan fingerprint density at radius 1 is 1.23 bits per heavy atom. The van der Waals surface area contributed by atoms with Gasteiger partial charge in [0, 0.05) is 18.5 Å². The fraction of sp³-hybridized carbons (Fsp3) is 0.800. The van der Waals surface area contributed by atoms with E-state index in [4.69, 9.17) is 4.74 Å². The molecule has 4 saturated carbocycles. The summed E-state index contributed by atoms with van der Waals surface area (Å²) in [6.07, 6.45) is -0.344. The van der Waals surface area contributed by atoms with E-state index in [0.29, 0.717) is 45.1 Å². The Morgan fingerprint density at radius 2 is 1.90 bits per heavy atom. The lowest BCUT2D eigenvalue weighted by molar-refractivity contribution is -0.239. The molecular weight excluding hydrogens is 403 g/mol. The first-order valence-electron chi connectivity index (χ1n) is 10.3. The van der Waals surface area contributed by atoms with Crippen LogP contribution in [0.3, 0.4) is 0 Å². The van der Waals surface area contributed by atoms with E-state index in [1.165, 1.54) is 9.80 Å². The summed E-state index contributed by atoms with van der Waals surface area (Å²) in [5.74, 6) is -2.43. The van der Waals surface area contributed by atoms with E-state index >= 15 is 0 Å². The minimum atomic E-state index is -5.07. The van der Waals surface area contributed by atoms with Gasteiger partial charge in [0.05, 0.1) is 6.07 Å². The second-order valence-corrected chi connectivity index (χ2v) is 9.36. The van der Waals surface area contributed by atoms with E-state index in [9.17, 15) is 32.8 Å². The van der Waals surface area contributed by atoms with Crippen LogP contribution in [0.1, 0.15) is 51.4 Å². The zero-order valence-electron chi connectivity index (χ0n) is 16.5. The number of halogens is 3. The first-order chi connectivity index (χ1) is 14.1. The smallest absolute Gasteiger partial charge is 0.452 e. The van der Waals surface area contributed by atoms with E-state index in [2.05, 4.69) is 6.07 Å².